The van der Waals surface area contributed by atoms with E-state index in [4.69, 9.17) is 4.74 Å². The first kappa shape index (κ1) is 11.5. The van der Waals surface area contributed by atoms with E-state index in [2.05, 4.69) is 41.3 Å². The molecule has 0 spiro atoms. The van der Waals surface area contributed by atoms with Gasteiger partial charge in [0.15, 0.2) is 0 Å². The zero-order chi connectivity index (χ0) is 11.6. The second kappa shape index (κ2) is 4.51. The third kappa shape index (κ3) is 2.80. The molecule has 1 aliphatic heterocycles. The number of hydrogen-bond donors (Lipinski definition) is 2. The van der Waals surface area contributed by atoms with Gasteiger partial charge in [-0.05, 0) is 33.6 Å². The molecule has 0 aliphatic carbocycles. The van der Waals surface area contributed by atoms with E-state index in [0.717, 1.165) is 25.3 Å². The lowest BCUT2D eigenvalue weighted by molar-refractivity contribution is -0.0640. The van der Waals surface area contributed by atoms with E-state index in [-0.39, 0.29) is 11.6 Å². The molecule has 16 heavy (non-hydrogen) atoms. The molecule has 0 amide bonds. The molecule has 0 aromatic carbocycles. The Bertz CT molecular complexity index is 323. The van der Waals surface area contributed by atoms with Crippen LogP contribution in [0.2, 0.25) is 0 Å². The van der Waals surface area contributed by atoms with Gasteiger partial charge in [-0.3, -0.25) is 5.10 Å². The Labute approximate surface area is 96.0 Å². The van der Waals surface area contributed by atoms with Crippen molar-refractivity contribution in [3.8, 4) is 0 Å². The molecule has 5 nitrogen and oxygen atoms in total. The molecule has 90 valence electrons. The second-order valence-corrected chi connectivity index (χ2v) is 5.06. The second-order valence-electron chi connectivity index (χ2n) is 5.06. The minimum atomic E-state index is -0.0168. The molecule has 1 fully saturated rings. The highest BCUT2D eigenvalue weighted by atomic mass is 16.5. The molecule has 1 saturated heterocycles. The van der Waals surface area contributed by atoms with Gasteiger partial charge in [0.1, 0.15) is 12.2 Å². The number of hydrogen-bond acceptors (Lipinski definition) is 4. The maximum absolute atomic E-state index is 5.69. The Morgan fingerprint density at radius 2 is 2.44 bits per heavy atom. The molecule has 2 unspecified atom stereocenters. The molecule has 2 atom stereocenters. The number of rotatable bonds is 3. The van der Waals surface area contributed by atoms with Gasteiger partial charge in [0.2, 0.25) is 0 Å². The number of nitrogens with one attached hydrogen (secondary N) is 2. The molecule has 2 rings (SSSR count). The predicted molar refractivity (Wildman–Crippen MR) is 61.0 cm³/mol. The Morgan fingerprint density at radius 3 is 3.06 bits per heavy atom. The molecule has 5 heteroatoms. The van der Waals surface area contributed by atoms with Gasteiger partial charge in [-0.25, -0.2) is 4.98 Å². The lowest BCUT2D eigenvalue weighted by Gasteiger charge is -2.36. The summed E-state index contributed by atoms with van der Waals surface area (Å²) in [4.78, 5) is 4.16. The van der Waals surface area contributed by atoms with Crippen molar-refractivity contribution in [1.29, 1.82) is 0 Å². The maximum atomic E-state index is 5.69. The first-order chi connectivity index (χ1) is 7.57. The summed E-state index contributed by atoms with van der Waals surface area (Å²) in [5.41, 5.74) is -0.0168. The van der Waals surface area contributed by atoms with Crippen molar-refractivity contribution in [3.05, 3.63) is 12.2 Å². The largest absolute Gasteiger partial charge is 0.375 e. The van der Waals surface area contributed by atoms with E-state index in [1.54, 1.807) is 6.33 Å². The summed E-state index contributed by atoms with van der Waals surface area (Å²) >= 11 is 0. The van der Waals surface area contributed by atoms with Crippen LogP contribution in [0.4, 0.5) is 0 Å². The topological polar surface area (TPSA) is 62.8 Å². The summed E-state index contributed by atoms with van der Waals surface area (Å²) in [7, 11) is 0. The SMILES string of the molecule is CC(NC1CCOC(C)(C)C1)c1ncn[nH]1. The number of aromatic nitrogens is 3. The van der Waals surface area contributed by atoms with Crippen LogP contribution < -0.4 is 5.32 Å². The van der Waals surface area contributed by atoms with Crippen LogP contribution in [0.1, 0.15) is 45.5 Å². The molecule has 0 bridgehead atoms. The first-order valence-electron chi connectivity index (χ1n) is 5.82. The zero-order valence-electron chi connectivity index (χ0n) is 10.2. The minimum Gasteiger partial charge on any atom is -0.375 e. The van der Waals surface area contributed by atoms with Crippen LogP contribution in [0, 0.1) is 0 Å². The van der Waals surface area contributed by atoms with E-state index in [9.17, 15) is 0 Å². The summed E-state index contributed by atoms with van der Waals surface area (Å²) in [6.45, 7) is 7.21. The number of ether oxygens (including phenoxy) is 1. The highest BCUT2D eigenvalue weighted by Gasteiger charge is 2.29. The Balaban J connectivity index is 1.90. The zero-order valence-corrected chi connectivity index (χ0v) is 10.2. The molecule has 1 aliphatic rings. The number of H-pyrrole nitrogens is 1. The number of aromatic amines is 1. The van der Waals surface area contributed by atoms with E-state index < -0.39 is 0 Å². The van der Waals surface area contributed by atoms with Crippen molar-refractivity contribution in [1.82, 2.24) is 20.5 Å². The molecule has 2 heterocycles. The quantitative estimate of drug-likeness (QED) is 0.815. The molecule has 0 radical (unpaired) electrons. The lowest BCUT2D eigenvalue weighted by atomic mass is 9.93. The highest BCUT2D eigenvalue weighted by Crippen LogP contribution is 2.25. The van der Waals surface area contributed by atoms with Crippen LogP contribution in [-0.4, -0.2) is 33.4 Å². The van der Waals surface area contributed by atoms with Gasteiger partial charge in [-0.1, -0.05) is 0 Å². The third-order valence-electron chi connectivity index (χ3n) is 3.03. The van der Waals surface area contributed by atoms with Gasteiger partial charge < -0.3 is 10.1 Å². The van der Waals surface area contributed by atoms with Gasteiger partial charge in [-0.15, -0.1) is 0 Å². The average Bonchev–Trinajstić information content (AvgIpc) is 2.68. The summed E-state index contributed by atoms with van der Waals surface area (Å²) < 4.78 is 5.69. The molecule has 1 aromatic rings. The fraction of sp³-hybridized carbons (Fsp3) is 0.818. The van der Waals surface area contributed by atoms with Gasteiger partial charge in [0, 0.05) is 12.6 Å². The monoisotopic (exact) mass is 224 g/mol. The van der Waals surface area contributed by atoms with Crippen LogP contribution in [-0.2, 0) is 4.74 Å². The average molecular weight is 224 g/mol. The standard InChI is InChI=1S/C11H20N4O/c1-8(10-12-7-13-15-10)14-9-4-5-16-11(2,3)6-9/h7-9,14H,4-6H2,1-3H3,(H,12,13,15). The summed E-state index contributed by atoms with van der Waals surface area (Å²) in [5, 5.41) is 10.3. The van der Waals surface area contributed by atoms with Crippen molar-refractivity contribution < 1.29 is 4.74 Å². The van der Waals surface area contributed by atoms with Gasteiger partial charge >= 0.3 is 0 Å². The molecule has 0 saturated carbocycles. The summed E-state index contributed by atoms with van der Waals surface area (Å²) in [6, 6.07) is 0.699. The first-order valence-corrected chi connectivity index (χ1v) is 5.82. The van der Waals surface area contributed by atoms with Crippen LogP contribution in [0.15, 0.2) is 6.33 Å². The fourth-order valence-electron chi connectivity index (χ4n) is 2.23. The van der Waals surface area contributed by atoms with E-state index in [1.807, 2.05) is 0 Å². The predicted octanol–water partition coefficient (Wildman–Crippen LogP) is 1.41. The third-order valence-corrected chi connectivity index (χ3v) is 3.03. The van der Waals surface area contributed by atoms with Crippen molar-refractivity contribution in [2.75, 3.05) is 6.61 Å². The van der Waals surface area contributed by atoms with Crippen molar-refractivity contribution in [2.45, 2.75) is 51.3 Å². The highest BCUT2D eigenvalue weighted by molar-refractivity contribution is 4.92. The molecular formula is C11H20N4O. The Morgan fingerprint density at radius 1 is 1.62 bits per heavy atom. The van der Waals surface area contributed by atoms with Crippen LogP contribution in [0.5, 0.6) is 0 Å². The van der Waals surface area contributed by atoms with E-state index in [1.165, 1.54) is 0 Å². The van der Waals surface area contributed by atoms with Gasteiger partial charge in [0.05, 0.1) is 11.6 Å². The molecule has 1 aromatic heterocycles. The fourth-order valence-corrected chi connectivity index (χ4v) is 2.23. The van der Waals surface area contributed by atoms with Crippen molar-refractivity contribution in [3.63, 3.8) is 0 Å². The van der Waals surface area contributed by atoms with Gasteiger partial charge in [-0.2, -0.15) is 5.10 Å². The Hall–Kier alpha value is -0.940. The molecular weight excluding hydrogens is 204 g/mol. The lowest BCUT2D eigenvalue weighted by Crippen LogP contribution is -2.44. The number of nitrogens with zero attached hydrogens (tertiary/aromatic N) is 2. The van der Waals surface area contributed by atoms with Gasteiger partial charge in [0.25, 0.3) is 0 Å². The summed E-state index contributed by atoms with van der Waals surface area (Å²) in [5.74, 6) is 0.893. The van der Waals surface area contributed by atoms with Crippen molar-refractivity contribution in [2.24, 2.45) is 0 Å². The Kier molecular flexibility index (Phi) is 3.25. The van der Waals surface area contributed by atoms with Crippen LogP contribution in [0.3, 0.4) is 0 Å². The maximum Gasteiger partial charge on any atom is 0.141 e. The minimum absolute atomic E-state index is 0.0168. The molecule has 2 N–H and O–H groups in total. The van der Waals surface area contributed by atoms with Crippen molar-refractivity contribution >= 4 is 0 Å². The summed E-state index contributed by atoms with van der Waals surface area (Å²) in [6.07, 6.45) is 3.63. The normalized spacial score (nSPS) is 26.6. The van der Waals surface area contributed by atoms with E-state index >= 15 is 0 Å². The van der Waals surface area contributed by atoms with E-state index in [0.29, 0.717) is 6.04 Å². The van der Waals surface area contributed by atoms with Crippen LogP contribution in [0.25, 0.3) is 0 Å². The smallest absolute Gasteiger partial charge is 0.141 e. The van der Waals surface area contributed by atoms with Crippen LogP contribution >= 0.6 is 0 Å².